The quantitative estimate of drug-likeness (QED) is 0.784. The van der Waals surface area contributed by atoms with E-state index >= 15 is 0 Å². The molecule has 114 valence electrons. The maximum absolute atomic E-state index is 5.55. The third kappa shape index (κ3) is 3.00. The summed E-state index contributed by atoms with van der Waals surface area (Å²) in [7, 11) is 1.91. The molecule has 0 aliphatic carbocycles. The molecule has 0 saturated carbocycles. The highest BCUT2D eigenvalue weighted by Gasteiger charge is 2.10. The van der Waals surface area contributed by atoms with Gasteiger partial charge in [-0.3, -0.25) is 4.68 Å². The highest BCUT2D eigenvalue weighted by Crippen LogP contribution is 2.20. The van der Waals surface area contributed by atoms with Crippen molar-refractivity contribution in [3.05, 3.63) is 47.7 Å². The zero-order chi connectivity index (χ0) is 15.5. The molecule has 6 nitrogen and oxygen atoms in total. The lowest BCUT2D eigenvalue weighted by Crippen LogP contribution is -2.09. The standard InChI is InChI=1S/C16H19N5O/c1-11-10-18-16(17-8-6-13-5-4-12(2)22-13)20-15(11)14-7-9-19-21(14)3/h4-5,7,9-10H,6,8H2,1-3H3,(H,17,18,20). The normalized spacial score (nSPS) is 10.9. The highest BCUT2D eigenvalue weighted by molar-refractivity contribution is 5.59. The van der Waals surface area contributed by atoms with Crippen LogP contribution in [0.3, 0.4) is 0 Å². The maximum atomic E-state index is 5.55. The van der Waals surface area contributed by atoms with E-state index in [1.165, 1.54) is 0 Å². The lowest BCUT2D eigenvalue weighted by molar-refractivity contribution is 0.486. The molecule has 0 bridgehead atoms. The van der Waals surface area contributed by atoms with Crippen molar-refractivity contribution in [1.29, 1.82) is 0 Å². The molecule has 1 N–H and O–H groups in total. The molecule has 0 saturated heterocycles. The van der Waals surface area contributed by atoms with Crippen molar-refractivity contribution in [3.8, 4) is 11.4 Å². The van der Waals surface area contributed by atoms with Crippen LogP contribution < -0.4 is 5.32 Å². The molecule has 22 heavy (non-hydrogen) atoms. The van der Waals surface area contributed by atoms with E-state index < -0.39 is 0 Å². The first-order valence-electron chi connectivity index (χ1n) is 7.24. The Morgan fingerprint density at radius 2 is 2.09 bits per heavy atom. The molecule has 0 atom stereocenters. The number of furan rings is 1. The van der Waals surface area contributed by atoms with Crippen LogP contribution in [0.15, 0.2) is 35.0 Å². The molecule has 0 fully saturated rings. The number of nitrogens with zero attached hydrogens (tertiary/aromatic N) is 4. The number of aryl methyl sites for hydroxylation is 3. The third-order valence-electron chi connectivity index (χ3n) is 3.49. The van der Waals surface area contributed by atoms with Gasteiger partial charge in [0.25, 0.3) is 0 Å². The number of anilines is 1. The summed E-state index contributed by atoms with van der Waals surface area (Å²) in [5, 5.41) is 7.43. The Morgan fingerprint density at radius 3 is 2.77 bits per heavy atom. The average molecular weight is 297 g/mol. The summed E-state index contributed by atoms with van der Waals surface area (Å²) in [4.78, 5) is 8.93. The molecule has 0 amide bonds. The fourth-order valence-corrected chi connectivity index (χ4v) is 2.31. The van der Waals surface area contributed by atoms with Gasteiger partial charge in [-0.25, -0.2) is 9.97 Å². The lowest BCUT2D eigenvalue weighted by atomic mass is 10.2. The number of nitrogens with one attached hydrogen (secondary N) is 1. The van der Waals surface area contributed by atoms with Crippen molar-refractivity contribution in [3.63, 3.8) is 0 Å². The fraction of sp³-hybridized carbons (Fsp3) is 0.312. The summed E-state index contributed by atoms with van der Waals surface area (Å²) in [5.41, 5.74) is 2.90. The minimum atomic E-state index is 0.616. The average Bonchev–Trinajstić information content (AvgIpc) is 3.09. The van der Waals surface area contributed by atoms with Gasteiger partial charge in [0.05, 0.1) is 11.4 Å². The van der Waals surface area contributed by atoms with Crippen molar-refractivity contribution >= 4 is 5.95 Å². The smallest absolute Gasteiger partial charge is 0.223 e. The van der Waals surface area contributed by atoms with E-state index in [9.17, 15) is 0 Å². The van der Waals surface area contributed by atoms with E-state index in [1.54, 1.807) is 6.20 Å². The van der Waals surface area contributed by atoms with Gasteiger partial charge in [0.15, 0.2) is 0 Å². The largest absolute Gasteiger partial charge is 0.466 e. The van der Waals surface area contributed by atoms with Crippen molar-refractivity contribution in [1.82, 2.24) is 19.7 Å². The Labute approximate surface area is 129 Å². The summed E-state index contributed by atoms with van der Waals surface area (Å²) >= 11 is 0. The first kappa shape index (κ1) is 14.3. The lowest BCUT2D eigenvalue weighted by Gasteiger charge is -2.08. The van der Waals surface area contributed by atoms with Gasteiger partial charge in [0.1, 0.15) is 11.5 Å². The van der Waals surface area contributed by atoms with Gasteiger partial charge >= 0.3 is 0 Å². The van der Waals surface area contributed by atoms with Gasteiger partial charge < -0.3 is 9.73 Å². The van der Waals surface area contributed by atoms with Crippen LogP contribution in [0.4, 0.5) is 5.95 Å². The molecule has 0 spiro atoms. The monoisotopic (exact) mass is 297 g/mol. The van der Waals surface area contributed by atoms with Crippen LogP contribution in [-0.2, 0) is 13.5 Å². The second-order valence-electron chi connectivity index (χ2n) is 5.25. The third-order valence-corrected chi connectivity index (χ3v) is 3.49. The summed E-state index contributed by atoms with van der Waals surface area (Å²) < 4.78 is 7.36. The Morgan fingerprint density at radius 1 is 1.23 bits per heavy atom. The molecule has 3 heterocycles. The summed E-state index contributed by atoms with van der Waals surface area (Å²) in [6, 6.07) is 5.91. The van der Waals surface area contributed by atoms with E-state index in [-0.39, 0.29) is 0 Å². The molecular weight excluding hydrogens is 278 g/mol. The number of hydrogen-bond donors (Lipinski definition) is 1. The van der Waals surface area contributed by atoms with Gasteiger partial charge in [-0.05, 0) is 37.6 Å². The van der Waals surface area contributed by atoms with Crippen LogP contribution >= 0.6 is 0 Å². The molecule has 3 rings (SSSR count). The van der Waals surface area contributed by atoms with Gasteiger partial charge in [-0.15, -0.1) is 0 Å². The van der Waals surface area contributed by atoms with Gasteiger partial charge in [-0.2, -0.15) is 5.10 Å². The Kier molecular flexibility index (Phi) is 3.91. The number of hydrogen-bond acceptors (Lipinski definition) is 5. The molecule has 3 aromatic heterocycles. The zero-order valence-corrected chi connectivity index (χ0v) is 13.0. The molecular formula is C16H19N5O. The fourth-order valence-electron chi connectivity index (χ4n) is 2.31. The second-order valence-corrected chi connectivity index (χ2v) is 5.25. The molecule has 3 aromatic rings. The topological polar surface area (TPSA) is 68.8 Å². The summed E-state index contributed by atoms with van der Waals surface area (Å²) in [6.07, 6.45) is 4.39. The van der Waals surface area contributed by atoms with Gasteiger partial charge in [0, 0.05) is 32.4 Å². The minimum Gasteiger partial charge on any atom is -0.466 e. The van der Waals surface area contributed by atoms with E-state index in [4.69, 9.17) is 4.42 Å². The number of aromatic nitrogens is 4. The molecule has 6 heteroatoms. The summed E-state index contributed by atoms with van der Waals surface area (Å²) in [5.74, 6) is 2.51. The summed E-state index contributed by atoms with van der Waals surface area (Å²) in [6.45, 7) is 4.67. The zero-order valence-electron chi connectivity index (χ0n) is 13.0. The molecule has 0 aliphatic rings. The predicted molar refractivity (Wildman–Crippen MR) is 84.6 cm³/mol. The van der Waals surface area contributed by atoms with E-state index in [2.05, 4.69) is 20.4 Å². The van der Waals surface area contributed by atoms with Gasteiger partial charge in [-0.1, -0.05) is 0 Å². The van der Waals surface area contributed by atoms with Crippen molar-refractivity contribution in [2.75, 3.05) is 11.9 Å². The van der Waals surface area contributed by atoms with E-state index in [0.717, 1.165) is 41.4 Å². The molecule has 0 aliphatic heterocycles. The van der Waals surface area contributed by atoms with Gasteiger partial charge in [0.2, 0.25) is 5.95 Å². The van der Waals surface area contributed by atoms with Crippen molar-refractivity contribution in [2.45, 2.75) is 20.3 Å². The van der Waals surface area contributed by atoms with Crippen LogP contribution in [0.2, 0.25) is 0 Å². The SMILES string of the molecule is Cc1ccc(CCNc2ncc(C)c(-c3ccnn3C)n2)o1. The predicted octanol–water partition coefficient (Wildman–Crippen LogP) is 2.74. The molecule has 0 unspecified atom stereocenters. The van der Waals surface area contributed by atoms with Crippen LogP contribution in [0.1, 0.15) is 17.1 Å². The Bertz CT molecular complexity index is 774. The first-order valence-corrected chi connectivity index (χ1v) is 7.24. The number of rotatable bonds is 5. The van der Waals surface area contributed by atoms with E-state index in [1.807, 2.05) is 50.0 Å². The van der Waals surface area contributed by atoms with Crippen molar-refractivity contribution < 1.29 is 4.42 Å². The van der Waals surface area contributed by atoms with Crippen molar-refractivity contribution in [2.24, 2.45) is 7.05 Å². The molecule has 0 aromatic carbocycles. The second kappa shape index (κ2) is 6.01. The van der Waals surface area contributed by atoms with E-state index in [0.29, 0.717) is 5.95 Å². The highest BCUT2D eigenvalue weighted by atomic mass is 16.3. The van der Waals surface area contributed by atoms with Crippen LogP contribution in [0, 0.1) is 13.8 Å². The van der Waals surface area contributed by atoms with Crippen LogP contribution in [0.25, 0.3) is 11.4 Å². The minimum absolute atomic E-state index is 0.616. The maximum Gasteiger partial charge on any atom is 0.223 e. The van der Waals surface area contributed by atoms with Crippen LogP contribution in [0.5, 0.6) is 0 Å². The Hall–Kier alpha value is -2.63. The first-order chi connectivity index (χ1) is 10.6. The van der Waals surface area contributed by atoms with Crippen LogP contribution in [-0.4, -0.2) is 26.3 Å². The molecule has 0 radical (unpaired) electrons. The Balaban J connectivity index is 1.71.